The molecular formula is C9H13N3O3. The van der Waals surface area contributed by atoms with Crippen LogP contribution < -0.4 is 5.32 Å². The molecule has 0 aromatic carbocycles. The molecule has 1 atom stereocenters. The molecule has 0 radical (unpaired) electrons. The predicted octanol–water partition coefficient (Wildman–Crippen LogP) is 0.358. The monoisotopic (exact) mass is 211 g/mol. The topological polar surface area (TPSA) is 95.3 Å². The molecule has 15 heavy (non-hydrogen) atoms. The Kier molecular flexibility index (Phi) is 3.99. The van der Waals surface area contributed by atoms with Crippen molar-refractivity contribution in [3.8, 4) is 0 Å². The normalized spacial score (nSPS) is 12.1. The standard InChI is InChI=1S/C9H13N3O3/c1-6(13)2-4-10-9-11-5-3-7(12-9)8(14)15/h3,5-6,13H,2,4H2,1H3,(H,14,15)(H,10,11,12). The van der Waals surface area contributed by atoms with Gasteiger partial charge in [-0.15, -0.1) is 0 Å². The van der Waals surface area contributed by atoms with Crippen LogP contribution in [0.5, 0.6) is 0 Å². The first-order valence-corrected chi connectivity index (χ1v) is 4.58. The van der Waals surface area contributed by atoms with E-state index in [9.17, 15) is 4.79 Å². The Balaban J connectivity index is 2.54. The number of aromatic carboxylic acids is 1. The van der Waals surface area contributed by atoms with Crippen LogP contribution in [0.2, 0.25) is 0 Å². The summed E-state index contributed by atoms with van der Waals surface area (Å²) in [5.74, 6) is -0.827. The molecule has 0 amide bonds. The van der Waals surface area contributed by atoms with Crippen LogP contribution in [0.4, 0.5) is 5.95 Å². The summed E-state index contributed by atoms with van der Waals surface area (Å²) in [6.45, 7) is 2.18. The summed E-state index contributed by atoms with van der Waals surface area (Å²) < 4.78 is 0. The van der Waals surface area contributed by atoms with E-state index in [-0.39, 0.29) is 11.6 Å². The van der Waals surface area contributed by atoms with E-state index in [0.29, 0.717) is 13.0 Å². The van der Waals surface area contributed by atoms with E-state index >= 15 is 0 Å². The molecule has 1 rings (SSSR count). The van der Waals surface area contributed by atoms with Gasteiger partial charge in [-0.1, -0.05) is 0 Å². The molecule has 0 spiro atoms. The summed E-state index contributed by atoms with van der Waals surface area (Å²) >= 11 is 0. The van der Waals surface area contributed by atoms with Crippen LogP contribution in [-0.2, 0) is 0 Å². The molecule has 0 bridgehead atoms. The van der Waals surface area contributed by atoms with Crippen molar-refractivity contribution >= 4 is 11.9 Å². The highest BCUT2D eigenvalue weighted by atomic mass is 16.4. The van der Waals surface area contributed by atoms with Gasteiger partial charge in [-0.25, -0.2) is 14.8 Å². The van der Waals surface area contributed by atoms with E-state index in [0.717, 1.165) is 0 Å². The maximum Gasteiger partial charge on any atom is 0.354 e. The van der Waals surface area contributed by atoms with Crippen molar-refractivity contribution in [1.29, 1.82) is 0 Å². The number of aliphatic hydroxyl groups excluding tert-OH is 1. The van der Waals surface area contributed by atoms with Crippen LogP contribution in [-0.4, -0.2) is 38.8 Å². The van der Waals surface area contributed by atoms with Crippen LogP contribution in [0.15, 0.2) is 12.3 Å². The van der Waals surface area contributed by atoms with E-state index in [2.05, 4.69) is 15.3 Å². The molecule has 0 saturated heterocycles. The molecule has 1 aromatic heterocycles. The van der Waals surface area contributed by atoms with Gasteiger partial charge in [-0.2, -0.15) is 0 Å². The molecule has 6 nitrogen and oxygen atoms in total. The van der Waals surface area contributed by atoms with Crippen LogP contribution in [0.1, 0.15) is 23.8 Å². The van der Waals surface area contributed by atoms with Crippen molar-refractivity contribution in [2.24, 2.45) is 0 Å². The summed E-state index contributed by atoms with van der Waals surface area (Å²) in [5.41, 5.74) is -0.0513. The van der Waals surface area contributed by atoms with Crippen LogP contribution in [0.25, 0.3) is 0 Å². The Morgan fingerprint density at radius 2 is 2.40 bits per heavy atom. The fraction of sp³-hybridized carbons (Fsp3) is 0.444. The van der Waals surface area contributed by atoms with Crippen molar-refractivity contribution in [3.05, 3.63) is 18.0 Å². The van der Waals surface area contributed by atoms with E-state index in [1.807, 2.05) is 0 Å². The number of aliphatic hydroxyl groups is 1. The molecule has 0 aliphatic heterocycles. The van der Waals surface area contributed by atoms with Crippen molar-refractivity contribution < 1.29 is 15.0 Å². The van der Waals surface area contributed by atoms with Gasteiger partial charge < -0.3 is 15.5 Å². The van der Waals surface area contributed by atoms with Gasteiger partial charge in [0.25, 0.3) is 0 Å². The van der Waals surface area contributed by atoms with E-state index in [1.165, 1.54) is 12.3 Å². The first kappa shape index (κ1) is 11.4. The highest BCUT2D eigenvalue weighted by Crippen LogP contribution is 2.01. The second-order valence-electron chi connectivity index (χ2n) is 3.14. The van der Waals surface area contributed by atoms with Crippen LogP contribution in [0, 0.1) is 0 Å². The maximum atomic E-state index is 10.6. The number of carbonyl (C=O) groups is 1. The molecule has 1 unspecified atom stereocenters. The van der Waals surface area contributed by atoms with Crippen molar-refractivity contribution in [3.63, 3.8) is 0 Å². The van der Waals surface area contributed by atoms with Gasteiger partial charge in [0, 0.05) is 12.7 Å². The molecule has 3 N–H and O–H groups in total. The third kappa shape index (κ3) is 3.90. The first-order chi connectivity index (χ1) is 7.09. The molecule has 6 heteroatoms. The molecule has 1 heterocycles. The van der Waals surface area contributed by atoms with Crippen LogP contribution >= 0.6 is 0 Å². The number of carboxylic acids is 1. The molecule has 1 aromatic rings. The average molecular weight is 211 g/mol. The van der Waals surface area contributed by atoms with Crippen molar-refractivity contribution in [2.75, 3.05) is 11.9 Å². The third-order valence-electron chi connectivity index (χ3n) is 1.72. The summed E-state index contributed by atoms with van der Waals surface area (Å²) in [5, 5.41) is 20.5. The number of carboxylic acid groups (broad SMARTS) is 1. The second kappa shape index (κ2) is 5.26. The zero-order valence-electron chi connectivity index (χ0n) is 8.34. The Morgan fingerprint density at radius 3 is 3.00 bits per heavy atom. The van der Waals surface area contributed by atoms with Gasteiger partial charge in [0.1, 0.15) is 0 Å². The minimum absolute atomic E-state index is 0.0513. The average Bonchev–Trinajstić information content (AvgIpc) is 2.17. The number of rotatable bonds is 5. The zero-order valence-corrected chi connectivity index (χ0v) is 8.34. The Labute approximate surface area is 87.0 Å². The largest absolute Gasteiger partial charge is 0.477 e. The number of aromatic nitrogens is 2. The Morgan fingerprint density at radius 1 is 1.67 bits per heavy atom. The minimum Gasteiger partial charge on any atom is -0.477 e. The number of nitrogens with one attached hydrogen (secondary N) is 1. The molecule has 0 aliphatic carbocycles. The first-order valence-electron chi connectivity index (χ1n) is 4.58. The van der Waals surface area contributed by atoms with Gasteiger partial charge in [-0.05, 0) is 19.4 Å². The number of hydrogen-bond acceptors (Lipinski definition) is 5. The molecule has 0 fully saturated rings. The SMILES string of the molecule is CC(O)CCNc1nccc(C(=O)O)n1. The predicted molar refractivity (Wildman–Crippen MR) is 53.8 cm³/mol. The minimum atomic E-state index is -1.09. The molecule has 82 valence electrons. The van der Waals surface area contributed by atoms with Gasteiger partial charge in [0.15, 0.2) is 5.69 Å². The lowest BCUT2D eigenvalue weighted by atomic mass is 10.3. The number of nitrogens with zero attached hydrogens (tertiary/aromatic N) is 2. The zero-order chi connectivity index (χ0) is 11.3. The summed E-state index contributed by atoms with van der Waals surface area (Å²) in [6.07, 6.45) is 1.53. The highest BCUT2D eigenvalue weighted by molar-refractivity contribution is 5.85. The highest BCUT2D eigenvalue weighted by Gasteiger charge is 2.05. The summed E-state index contributed by atoms with van der Waals surface area (Å²) in [6, 6.07) is 1.32. The quantitative estimate of drug-likeness (QED) is 0.650. The lowest BCUT2D eigenvalue weighted by molar-refractivity contribution is 0.0690. The maximum absolute atomic E-state index is 10.6. The van der Waals surface area contributed by atoms with E-state index < -0.39 is 12.1 Å². The lowest BCUT2D eigenvalue weighted by Crippen LogP contribution is -2.12. The van der Waals surface area contributed by atoms with Gasteiger partial charge in [0.05, 0.1) is 6.10 Å². The number of anilines is 1. The molecule has 0 saturated carbocycles. The van der Waals surface area contributed by atoms with E-state index in [1.54, 1.807) is 6.92 Å². The fourth-order valence-electron chi connectivity index (χ4n) is 0.956. The van der Waals surface area contributed by atoms with Gasteiger partial charge in [-0.3, -0.25) is 0 Å². The molecular weight excluding hydrogens is 198 g/mol. The fourth-order valence-corrected chi connectivity index (χ4v) is 0.956. The third-order valence-corrected chi connectivity index (χ3v) is 1.72. The van der Waals surface area contributed by atoms with Crippen molar-refractivity contribution in [2.45, 2.75) is 19.4 Å². The van der Waals surface area contributed by atoms with Crippen molar-refractivity contribution in [1.82, 2.24) is 9.97 Å². The Bertz CT molecular complexity index is 341. The number of hydrogen-bond donors (Lipinski definition) is 3. The molecule has 0 aliphatic rings. The summed E-state index contributed by atoms with van der Waals surface area (Å²) in [4.78, 5) is 18.2. The summed E-state index contributed by atoms with van der Waals surface area (Å²) in [7, 11) is 0. The van der Waals surface area contributed by atoms with Gasteiger partial charge in [0.2, 0.25) is 5.95 Å². The lowest BCUT2D eigenvalue weighted by Gasteiger charge is -2.06. The Hall–Kier alpha value is -1.69. The second-order valence-corrected chi connectivity index (χ2v) is 3.14. The van der Waals surface area contributed by atoms with E-state index in [4.69, 9.17) is 10.2 Å². The van der Waals surface area contributed by atoms with Gasteiger partial charge >= 0.3 is 5.97 Å². The van der Waals surface area contributed by atoms with Crippen LogP contribution in [0.3, 0.4) is 0 Å². The smallest absolute Gasteiger partial charge is 0.354 e.